The molecule has 2 heteroatoms. The molecule has 1 saturated carbocycles. The highest BCUT2D eigenvalue weighted by Gasteiger charge is 2.19. The molecule has 1 aliphatic carbocycles. The van der Waals surface area contributed by atoms with Gasteiger partial charge in [-0.2, -0.15) is 0 Å². The Morgan fingerprint density at radius 1 is 1.29 bits per heavy atom. The van der Waals surface area contributed by atoms with Crippen molar-refractivity contribution in [2.45, 2.75) is 58.5 Å². The molecule has 0 bridgehead atoms. The van der Waals surface area contributed by atoms with Crippen molar-refractivity contribution in [2.75, 3.05) is 6.61 Å². The molecule has 0 saturated heterocycles. The molecule has 0 aromatic heterocycles. The zero-order valence-corrected chi connectivity index (χ0v) is 9.42. The van der Waals surface area contributed by atoms with Crippen LogP contribution in [0.4, 0.5) is 0 Å². The monoisotopic (exact) mass is 198 g/mol. The minimum absolute atomic E-state index is 0.355. The van der Waals surface area contributed by atoms with Crippen molar-refractivity contribution in [3.63, 3.8) is 0 Å². The predicted molar refractivity (Wildman–Crippen MR) is 57.3 cm³/mol. The summed E-state index contributed by atoms with van der Waals surface area (Å²) in [7, 11) is 0. The summed E-state index contributed by atoms with van der Waals surface area (Å²) in [6.07, 6.45) is 6.09. The van der Waals surface area contributed by atoms with E-state index in [-0.39, 0.29) is 0 Å². The van der Waals surface area contributed by atoms with Crippen molar-refractivity contribution in [3.05, 3.63) is 0 Å². The van der Waals surface area contributed by atoms with Crippen molar-refractivity contribution in [1.82, 2.24) is 0 Å². The van der Waals surface area contributed by atoms with Crippen LogP contribution in [0.15, 0.2) is 0 Å². The van der Waals surface area contributed by atoms with Gasteiger partial charge >= 0.3 is 0 Å². The molecule has 1 rings (SSSR count). The van der Waals surface area contributed by atoms with Gasteiger partial charge in [0.1, 0.15) is 5.78 Å². The first kappa shape index (κ1) is 11.7. The van der Waals surface area contributed by atoms with Gasteiger partial charge in [-0.25, -0.2) is 0 Å². The molecule has 0 amide bonds. The van der Waals surface area contributed by atoms with Crippen molar-refractivity contribution >= 4 is 5.78 Å². The van der Waals surface area contributed by atoms with E-state index < -0.39 is 0 Å². The summed E-state index contributed by atoms with van der Waals surface area (Å²) in [6.45, 7) is 5.30. The molecular weight excluding hydrogens is 176 g/mol. The lowest BCUT2D eigenvalue weighted by molar-refractivity contribution is -0.123. The number of hydrogen-bond acceptors (Lipinski definition) is 2. The second kappa shape index (κ2) is 6.18. The number of ketones is 1. The minimum Gasteiger partial charge on any atom is -0.378 e. The van der Waals surface area contributed by atoms with Crippen LogP contribution in [0.2, 0.25) is 0 Å². The fourth-order valence-corrected chi connectivity index (χ4v) is 1.88. The van der Waals surface area contributed by atoms with E-state index in [2.05, 4.69) is 13.8 Å². The van der Waals surface area contributed by atoms with Gasteiger partial charge in [0.2, 0.25) is 0 Å². The summed E-state index contributed by atoms with van der Waals surface area (Å²) in [5, 5.41) is 0. The Balaban J connectivity index is 2.15. The van der Waals surface area contributed by atoms with Crippen LogP contribution < -0.4 is 0 Å². The van der Waals surface area contributed by atoms with Gasteiger partial charge in [-0.3, -0.25) is 4.79 Å². The van der Waals surface area contributed by atoms with E-state index in [1.807, 2.05) is 0 Å². The van der Waals surface area contributed by atoms with Crippen molar-refractivity contribution < 1.29 is 9.53 Å². The topological polar surface area (TPSA) is 26.3 Å². The van der Waals surface area contributed by atoms with Gasteiger partial charge in [-0.15, -0.1) is 0 Å². The van der Waals surface area contributed by atoms with Crippen LogP contribution in [-0.2, 0) is 9.53 Å². The maximum absolute atomic E-state index is 11.0. The molecule has 0 atom stereocenters. The zero-order valence-electron chi connectivity index (χ0n) is 9.42. The summed E-state index contributed by atoms with van der Waals surface area (Å²) in [5.74, 6) is 1.11. The molecule has 0 radical (unpaired) electrons. The van der Waals surface area contributed by atoms with E-state index in [0.717, 1.165) is 32.3 Å². The Bertz CT molecular complexity index is 163. The smallest absolute Gasteiger partial charge is 0.133 e. The van der Waals surface area contributed by atoms with E-state index in [1.54, 1.807) is 0 Å². The number of hydrogen-bond donors (Lipinski definition) is 0. The maximum atomic E-state index is 11.0. The average Bonchev–Trinajstić information content (AvgIpc) is 2.22. The van der Waals surface area contributed by atoms with Crippen molar-refractivity contribution in [3.8, 4) is 0 Å². The van der Waals surface area contributed by atoms with Gasteiger partial charge in [0.15, 0.2) is 0 Å². The van der Waals surface area contributed by atoms with Gasteiger partial charge in [-0.05, 0) is 18.8 Å². The van der Waals surface area contributed by atoms with E-state index in [4.69, 9.17) is 4.74 Å². The SMILES string of the molecule is CCC(CC)COC1CCC(=O)CC1. The molecule has 1 aliphatic rings. The Morgan fingerprint density at radius 2 is 1.86 bits per heavy atom. The van der Waals surface area contributed by atoms with Gasteiger partial charge in [0.05, 0.1) is 6.10 Å². The van der Waals surface area contributed by atoms with Gasteiger partial charge in [0.25, 0.3) is 0 Å². The van der Waals surface area contributed by atoms with Crippen LogP contribution in [0.1, 0.15) is 52.4 Å². The summed E-state index contributed by atoms with van der Waals surface area (Å²) >= 11 is 0. The molecule has 0 N–H and O–H groups in total. The number of carbonyl (C=O) groups is 1. The highest BCUT2D eigenvalue weighted by molar-refractivity contribution is 5.79. The summed E-state index contributed by atoms with van der Waals surface area (Å²) in [4.78, 5) is 11.0. The van der Waals surface area contributed by atoms with Gasteiger partial charge in [-0.1, -0.05) is 26.7 Å². The normalized spacial score (nSPS) is 19.2. The van der Waals surface area contributed by atoms with Crippen LogP contribution in [0.25, 0.3) is 0 Å². The van der Waals surface area contributed by atoms with E-state index in [9.17, 15) is 4.79 Å². The highest BCUT2D eigenvalue weighted by atomic mass is 16.5. The molecule has 0 heterocycles. The molecule has 2 nitrogen and oxygen atoms in total. The third-order valence-electron chi connectivity index (χ3n) is 3.21. The fourth-order valence-electron chi connectivity index (χ4n) is 1.88. The van der Waals surface area contributed by atoms with E-state index in [0.29, 0.717) is 17.8 Å². The zero-order chi connectivity index (χ0) is 10.4. The first-order valence-corrected chi connectivity index (χ1v) is 5.89. The maximum Gasteiger partial charge on any atom is 0.133 e. The Labute approximate surface area is 87.0 Å². The molecule has 82 valence electrons. The largest absolute Gasteiger partial charge is 0.378 e. The van der Waals surface area contributed by atoms with Crippen LogP contribution in [0, 0.1) is 5.92 Å². The van der Waals surface area contributed by atoms with Crippen LogP contribution in [0.3, 0.4) is 0 Å². The number of carbonyl (C=O) groups excluding carboxylic acids is 1. The molecular formula is C12H22O2. The third-order valence-corrected chi connectivity index (χ3v) is 3.21. The van der Waals surface area contributed by atoms with Gasteiger partial charge < -0.3 is 4.74 Å². The van der Waals surface area contributed by atoms with Gasteiger partial charge in [0, 0.05) is 19.4 Å². The summed E-state index contributed by atoms with van der Waals surface area (Å²) in [6, 6.07) is 0. The third kappa shape index (κ3) is 3.79. The summed E-state index contributed by atoms with van der Waals surface area (Å²) < 4.78 is 5.82. The quantitative estimate of drug-likeness (QED) is 0.679. The number of rotatable bonds is 5. The Hall–Kier alpha value is -0.370. The first-order chi connectivity index (χ1) is 6.76. The number of ether oxygens (including phenoxy) is 1. The standard InChI is InChI=1S/C12H22O2/c1-3-10(4-2)9-14-12-7-5-11(13)6-8-12/h10,12H,3-9H2,1-2H3. The number of Topliss-reactive ketones (excluding diaryl/α,β-unsaturated/α-hetero) is 1. The molecule has 1 fully saturated rings. The first-order valence-electron chi connectivity index (χ1n) is 5.89. The lowest BCUT2D eigenvalue weighted by Gasteiger charge is -2.23. The van der Waals surface area contributed by atoms with Crippen LogP contribution in [-0.4, -0.2) is 18.5 Å². The second-order valence-electron chi connectivity index (χ2n) is 4.25. The minimum atomic E-state index is 0.355. The molecule has 0 spiro atoms. The fraction of sp³-hybridized carbons (Fsp3) is 0.917. The Kier molecular flexibility index (Phi) is 5.16. The molecule has 0 aromatic rings. The van der Waals surface area contributed by atoms with Crippen molar-refractivity contribution in [1.29, 1.82) is 0 Å². The average molecular weight is 198 g/mol. The Morgan fingerprint density at radius 3 is 2.36 bits per heavy atom. The molecule has 0 aliphatic heterocycles. The van der Waals surface area contributed by atoms with E-state index >= 15 is 0 Å². The lowest BCUT2D eigenvalue weighted by Crippen LogP contribution is -2.23. The summed E-state index contributed by atoms with van der Waals surface area (Å²) in [5.41, 5.74) is 0. The predicted octanol–water partition coefficient (Wildman–Crippen LogP) is 2.95. The molecule has 14 heavy (non-hydrogen) atoms. The molecule has 0 aromatic carbocycles. The van der Waals surface area contributed by atoms with E-state index in [1.165, 1.54) is 12.8 Å². The molecule has 0 unspecified atom stereocenters. The lowest BCUT2D eigenvalue weighted by atomic mass is 9.96. The van der Waals surface area contributed by atoms with Crippen LogP contribution >= 0.6 is 0 Å². The second-order valence-corrected chi connectivity index (χ2v) is 4.25. The van der Waals surface area contributed by atoms with Crippen molar-refractivity contribution in [2.24, 2.45) is 5.92 Å². The van der Waals surface area contributed by atoms with Crippen LogP contribution in [0.5, 0.6) is 0 Å². The highest BCUT2D eigenvalue weighted by Crippen LogP contribution is 2.19.